The molecule has 212 valence electrons. The number of nitrogens with one attached hydrogen (secondary N) is 1. The maximum atomic E-state index is 13.2. The number of rotatable bonds is 9. The number of hydrogen-bond donors (Lipinski definition) is 2. The molecule has 0 radical (unpaired) electrons. The number of alkyl halides is 3. The monoisotopic (exact) mass is 555 g/mol. The lowest BCUT2D eigenvalue weighted by Gasteiger charge is -2.39. The van der Waals surface area contributed by atoms with Crippen LogP contribution in [0.5, 0.6) is 5.75 Å². The van der Waals surface area contributed by atoms with E-state index in [4.69, 9.17) is 4.74 Å². The fraction of sp³-hybridized carbons (Fsp3) is 0.414. The molecule has 11 heteroatoms. The van der Waals surface area contributed by atoms with Gasteiger partial charge in [0.15, 0.2) is 5.82 Å². The Kier molecular flexibility index (Phi) is 7.59. The third kappa shape index (κ3) is 5.70. The summed E-state index contributed by atoms with van der Waals surface area (Å²) in [4.78, 5) is 22.2. The SMILES string of the molecule is CC(C)Oc1cccc(C2N(Cc3ccc(C(F)(F)F)cc3)c3cnc(C(=O)O)nc3N2NC(C)C2CCC2)c1. The van der Waals surface area contributed by atoms with Crippen molar-refractivity contribution >= 4 is 17.5 Å². The van der Waals surface area contributed by atoms with E-state index in [9.17, 15) is 23.1 Å². The van der Waals surface area contributed by atoms with Crippen LogP contribution in [0.2, 0.25) is 0 Å². The molecule has 5 rings (SSSR count). The summed E-state index contributed by atoms with van der Waals surface area (Å²) in [5.74, 6) is -0.0638. The second-order valence-corrected chi connectivity index (χ2v) is 10.6. The van der Waals surface area contributed by atoms with Crippen molar-refractivity contribution in [2.45, 2.75) is 71.1 Å². The third-order valence-electron chi connectivity index (χ3n) is 7.38. The highest BCUT2D eigenvalue weighted by Gasteiger charge is 2.41. The van der Waals surface area contributed by atoms with Crippen molar-refractivity contribution in [2.75, 3.05) is 9.91 Å². The van der Waals surface area contributed by atoms with Crippen molar-refractivity contribution in [1.29, 1.82) is 0 Å². The number of hydrazine groups is 1. The molecule has 1 fully saturated rings. The summed E-state index contributed by atoms with van der Waals surface area (Å²) in [6.45, 7) is 6.20. The van der Waals surface area contributed by atoms with Crippen molar-refractivity contribution in [3.8, 4) is 5.75 Å². The molecule has 0 amide bonds. The third-order valence-corrected chi connectivity index (χ3v) is 7.38. The lowest BCUT2D eigenvalue weighted by atomic mass is 9.81. The van der Waals surface area contributed by atoms with Crippen molar-refractivity contribution < 1.29 is 27.8 Å². The first-order chi connectivity index (χ1) is 19.0. The van der Waals surface area contributed by atoms with Crippen molar-refractivity contribution in [2.24, 2.45) is 5.92 Å². The molecule has 2 heterocycles. The quantitative estimate of drug-likeness (QED) is 0.323. The number of carboxylic acids is 1. The molecule has 1 aromatic heterocycles. The van der Waals surface area contributed by atoms with Crippen LogP contribution in [-0.2, 0) is 12.7 Å². The van der Waals surface area contributed by atoms with Gasteiger partial charge in [-0.25, -0.2) is 20.2 Å². The number of anilines is 2. The van der Waals surface area contributed by atoms with Crippen LogP contribution in [0.4, 0.5) is 24.7 Å². The highest BCUT2D eigenvalue weighted by atomic mass is 19.4. The smallest absolute Gasteiger partial charge is 0.416 e. The highest BCUT2D eigenvalue weighted by molar-refractivity contribution is 5.85. The van der Waals surface area contributed by atoms with Crippen LogP contribution in [0.3, 0.4) is 0 Å². The topological polar surface area (TPSA) is 90.8 Å². The lowest BCUT2D eigenvalue weighted by molar-refractivity contribution is -0.137. The normalized spacial score (nSPS) is 18.0. The Balaban J connectivity index is 1.59. The minimum Gasteiger partial charge on any atom is -0.491 e. The minimum absolute atomic E-state index is 0.0452. The van der Waals surface area contributed by atoms with Crippen LogP contribution in [-0.4, -0.2) is 33.2 Å². The minimum atomic E-state index is -4.43. The Morgan fingerprint density at radius 2 is 1.88 bits per heavy atom. The van der Waals surface area contributed by atoms with E-state index in [0.717, 1.165) is 37.0 Å². The van der Waals surface area contributed by atoms with E-state index in [1.807, 2.05) is 48.0 Å². The van der Waals surface area contributed by atoms with Gasteiger partial charge in [-0.2, -0.15) is 13.2 Å². The first-order valence-corrected chi connectivity index (χ1v) is 13.4. The number of benzene rings is 2. The summed E-state index contributed by atoms with van der Waals surface area (Å²) in [5, 5.41) is 11.5. The summed E-state index contributed by atoms with van der Waals surface area (Å²) in [5.41, 5.74) is 4.91. The van der Waals surface area contributed by atoms with Crippen LogP contribution in [0.1, 0.15) is 73.5 Å². The maximum Gasteiger partial charge on any atom is 0.416 e. The zero-order chi connectivity index (χ0) is 28.6. The fourth-order valence-electron chi connectivity index (χ4n) is 5.15. The Hall–Kier alpha value is -3.86. The molecule has 2 unspecified atom stereocenters. The summed E-state index contributed by atoms with van der Waals surface area (Å²) in [7, 11) is 0. The average molecular weight is 556 g/mol. The van der Waals surface area contributed by atoms with Gasteiger partial charge in [-0.3, -0.25) is 5.01 Å². The predicted octanol–water partition coefficient (Wildman–Crippen LogP) is 6.20. The Labute approximate surface area is 230 Å². The van der Waals surface area contributed by atoms with Gasteiger partial charge >= 0.3 is 12.1 Å². The van der Waals surface area contributed by atoms with Crippen molar-refractivity contribution in [3.63, 3.8) is 0 Å². The number of aromatic carboxylic acids is 1. The largest absolute Gasteiger partial charge is 0.491 e. The van der Waals surface area contributed by atoms with Gasteiger partial charge in [0.25, 0.3) is 0 Å². The van der Waals surface area contributed by atoms with E-state index in [-0.39, 0.29) is 24.5 Å². The number of halogens is 3. The Bertz CT molecular complexity index is 1360. The van der Waals surface area contributed by atoms with Gasteiger partial charge in [0.1, 0.15) is 17.6 Å². The van der Waals surface area contributed by atoms with E-state index in [1.54, 1.807) is 0 Å². The number of carbonyl (C=O) groups is 1. The zero-order valence-electron chi connectivity index (χ0n) is 22.5. The first kappa shape index (κ1) is 27.7. The van der Waals surface area contributed by atoms with Gasteiger partial charge in [0.05, 0.1) is 17.9 Å². The fourth-order valence-corrected chi connectivity index (χ4v) is 5.15. The lowest BCUT2D eigenvalue weighted by Crippen LogP contribution is -2.51. The van der Waals surface area contributed by atoms with Gasteiger partial charge in [-0.15, -0.1) is 0 Å². The molecule has 0 spiro atoms. The summed E-state index contributed by atoms with van der Waals surface area (Å²) in [6, 6.07) is 12.7. The van der Waals surface area contributed by atoms with Gasteiger partial charge < -0.3 is 14.7 Å². The Morgan fingerprint density at radius 3 is 2.48 bits per heavy atom. The number of aromatic nitrogens is 2. The van der Waals surface area contributed by atoms with Gasteiger partial charge in [0.2, 0.25) is 5.82 Å². The van der Waals surface area contributed by atoms with Gasteiger partial charge in [0, 0.05) is 12.6 Å². The Morgan fingerprint density at radius 1 is 1.15 bits per heavy atom. The number of nitrogens with zero attached hydrogens (tertiary/aromatic N) is 4. The standard InChI is InChI=1S/C29H32F3N5O3/c1-17(2)40-23-9-5-8-21(14-23)27-36(16-19-10-12-22(13-11-19)29(30,31)32)24-15-33-25(28(38)39)34-26(24)37(27)35-18(3)20-6-4-7-20/h5,8-15,17-18,20,27,35H,4,6-7,16H2,1-3H3,(H,38,39). The second-order valence-electron chi connectivity index (χ2n) is 10.6. The molecule has 8 nitrogen and oxygen atoms in total. The van der Waals surface area contributed by atoms with E-state index >= 15 is 0 Å². The van der Waals surface area contributed by atoms with E-state index in [1.165, 1.54) is 18.3 Å². The van der Waals surface area contributed by atoms with Crippen LogP contribution in [0.15, 0.2) is 54.7 Å². The molecular weight excluding hydrogens is 523 g/mol. The van der Waals surface area contributed by atoms with Crippen LogP contribution in [0, 0.1) is 5.92 Å². The highest BCUT2D eigenvalue weighted by Crippen LogP contribution is 2.46. The molecule has 0 bridgehead atoms. The number of carboxylic acid groups (broad SMARTS) is 1. The maximum absolute atomic E-state index is 13.2. The number of ether oxygens (including phenoxy) is 1. The first-order valence-electron chi connectivity index (χ1n) is 13.4. The predicted molar refractivity (Wildman–Crippen MR) is 144 cm³/mol. The molecule has 2 N–H and O–H groups in total. The molecule has 2 aliphatic rings. The molecule has 40 heavy (non-hydrogen) atoms. The molecule has 3 aromatic rings. The second kappa shape index (κ2) is 11.0. The van der Waals surface area contributed by atoms with E-state index < -0.39 is 23.9 Å². The molecule has 0 saturated heterocycles. The average Bonchev–Trinajstić information content (AvgIpc) is 3.14. The molecular formula is C29H32F3N5O3. The van der Waals surface area contributed by atoms with E-state index in [0.29, 0.717) is 28.7 Å². The van der Waals surface area contributed by atoms with E-state index in [2.05, 4.69) is 22.3 Å². The van der Waals surface area contributed by atoms with Gasteiger partial charge in [-0.1, -0.05) is 30.7 Å². The van der Waals surface area contributed by atoms with Crippen LogP contribution in [0.25, 0.3) is 0 Å². The molecule has 1 aliphatic carbocycles. The summed E-state index contributed by atoms with van der Waals surface area (Å²) >= 11 is 0. The molecule has 2 aromatic carbocycles. The molecule has 2 atom stereocenters. The molecule has 1 saturated carbocycles. The van der Waals surface area contributed by atoms with Gasteiger partial charge in [-0.05, 0) is 74.9 Å². The number of hydrogen-bond acceptors (Lipinski definition) is 7. The summed E-state index contributed by atoms with van der Waals surface area (Å²) < 4.78 is 45.6. The zero-order valence-corrected chi connectivity index (χ0v) is 22.5. The van der Waals surface area contributed by atoms with Crippen molar-refractivity contribution in [3.05, 3.63) is 77.2 Å². The summed E-state index contributed by atoms with van der Waals surface area (Å²) in [6.07, 6.45) is -0.167. The van der Waals surface area contributed by atoms with Crippen LogP contribution < -0.4 is 20.1 Å². The molecule has 1 aliphatic heterocycles. The number of fused-ring (bicyclic) bond motifs is 1. The van der Waals surface area contributed by atoms with Crippen LogP contribution >= 0.6 is 0 Å². The van der Waals surface area contributed by atoms with Crippen molar-refractivity contribution in [1.82, 2.24) is 15.4 Å².